The molecule has 0 radical (unpaired) electrons. The first-order valence-electron chi connectivity index (χ1n) is 6.71. The summed E-state index contributed by atoms with van der Waals surface area (Å²) >= 11 is 2.23. The second kappa shape index (κ2) is 7.96. The molecule has 1 unspecified atom stereocenters. The van der Waals surface area contributed by atoms with E-state index in [0.29, 0.717) is 5.92 Å². The minimum atomic E-state index is 0.675. The van der Waals surface area contributed by atoms with Crippen LogP contribution in [0.4, 0.5) is 5.95 Å². The molecule has 0 amide bonds. The summed E-state index contributed by atoms with van der Waals surface area (Å²) in [7, 11) is 1.73. The lowest BCUT2D eigenvalue weighted by atomic mass is 9.98. The maximum atomic E-state index is 5.04. The molecule has 1 aliphatic rings. The molecule has 1 saturated heterocycles. The molecule has 1 aromatic heterocycles. The van der Waals surface area contributed by atoms with Crippen LogP contribution in [0.1, 0.15) is 12.8 Å². The highest BCUT2D eigenvalue weighted by molar-refractivity contribution is 14.1. The number of nitrogens with one attached hydrogen (secondary N) is 1. The van der Waals surface area contributed by atoms with Gasteiger partial charge in [0.25, 0.3) is 0 Å². The largest absolute Gasteiger partial charge is 0.383 e. The van der Waals surface area contributed by atoms with Crippen molar-refractivity contribution in [3.8, 4) is 0 Å². The first kappa shape index (κ1) is 14.9. The van der Waals surface area contributed by atoms with Crippen molar-refractivity contribution in [3.63, 3.8) is 0 Å². The van der Waals surface area contributed by atoms with Crippen molar-refractivity contribution >= 4 is 28.5 Å². The topological polar surface area (TPSA) is 50.3 Å². The van der Waals surface area contributed by atoms with Crippen LogP contribution in [0.2, 0.25) is 0 Å². The molecule has 5 nitrogen and oxygen atoms in total. The number of hydrogen-bond donors (Lipinski definition) is 1. The third-order valence-corrected chi connectivity index (χ3v) is 3.88. The Morgan fingerprint density at radius 3 is 3.00 bits per heavy atom. The van der Waals surface area contributed by atoms with Gasteiger partial charge in [0.15, 0.2) is 0 Å². The zero-order chi connectivity index (χ0) is 13.5. The summed E-state index contributed by atoms with van der Waals surface area (Å²) in [6.07, 6.45) is 6.25. The summed E-state index contributed by atoms with van der Waals surface area (Å²) in [5.41, 5.74) is 0. The van der Waals surface area contributed by atoms with Crippen LogP contribution in [0.3, 0.4) is 0 Å². The first-order chi connectivity index (χ1) is 9.29. The average Bonchev–Trinajstić information content (AvgIpc) is 2.45. The van der Waals surface area contributed by atoms with Gasteiger partial charge in [-0.15, -0.1) is 0 Å². The van der Waals surface area contributed by atoms with Crippen LogP contribution >= 0.6 is 22.6 Å². The molecule has 1 atom stereocenters. The van der Waals surface area contributed by atoms with Gasteiger partial charge in [0, 0.05) is 42.7 Å². The van der Waals surface area contributed by atoms with E-state index >= 15 is 0 Å². The minimum absolute atomic E-state index is 0.675. The van der Waals surface area contributed by atoms with Gasteiger partial charge in [0.05, 0.1) is 6.61 Å². The van der Waals surface area contributed by atoms with Gasteiger partial charge in [-0.25, -0.2) is 9.97 Å². The smallest absolute Gasteiger partial charge is 0.225 e. The van der Waals surface area contributed by atoms with Crippen molar-refractivity contribution in [2.75, 3.05) is 44.8 Å². The average molecular weight is 376 g/mol. The van der Waals surface area contributed by atoms with Gasteiger partial charge in [-0.3, -0.25) is 0 Å². The molecule has 0 saturated carbocycles. The van der Waals surface area contributed by atoms with Gasteiger partial charge in [-0.1, -0.05) is 0 Å². The van der Waals surface area contributed by atoms with Gasteiger partial charge < -0.3 is 15.0 Å². The van der Waals surface area contributed by atoms with Gasteiger partial charge in [0.1, 0.15) is 0 Å². The van der Waals surface area contributed by atoms with Crippen molar-refractivity contribution in [3.05, 3.63) is 16.0 Å². The van der Waals surface area contributed by atoms with E-state index in [1.54, 1.807) is 7.11 Å². The van der Waals surface area contributed by atoms with E-state index in [0.717, 1.165) is 42.3 Å². The van der Waals surface area contributed by atoms with Crippen LogP contribution in [0.25, 0.3) is 0 Å². The third kappa shape index (κ3) is 4.85. The SMILES string of the molecule is COCCNCC1CCCN(c2ncc(I)cn2)C1. The van der Waals surface area contributed by atoms with Crippen LogP contribution < -0.4 is 10.2 Å². The number of aromatic nitrogens is 2. The fourth-order valence-corrected chi connectivity index (χ4v) is 2.64. The zero-order valence-electron chi connectivity index (χ0n) is 11.3. The Labute approximate surface area is 128 Å². The van der Waals surface area contributed by atoms with E-state index in [9.17, 15) is 0 Å². The van der Waals surface area contributed by atoms with Gasteiger partial charge in [-0.05, 0) is 47.9 Å². The number of piperidine rings is 1. The number of methoxy groups -OCH3 is 1. The second-order valence-electron chi connectivity index (χ2n) is 4.85. The molecule has 1 aromatic rings. The molecule has 2 heterocycles. The van der Waals surface area contributed by atoms with E-state index in [4.69, 9.17) is 4.74 Å². The number of rotatable bonds is 6. The molecule has 0 spiro atoms. The van der Waals surface area contributed by atoms with Gasteiger partial charge in [-0.2, -0.15) is 0 Å². The number of anilines is 1. The Bertz CT molecular complexity index is 373. The van der Waals surface area contributed by atoms with Crippen molar-refractivity contribution in [1.82, 2.24) is 15.3 Å². The highest BCUT2D eigenvalue weighted by atomic mass is 127. The molecule has 106 valence electrons. The lowest BCUT2D eigenvalue weighted by molar-refractivity contribution is 0.197. The third-order valence-electron chi connectivity index (χ3n) is 3.32. The van der Waals surface area contributed by atoms with Crippen molar-refractivity contribution in [1.29, 1.82) is 0 Å². The fourth-order valence-electron chi connectivity index (χ4n) is 2.36. The highest BCUT2D eigenvalue weighted by Gasteiger charge is 2.21. The Kier molecular flexibility index (Phi) is 6.25. The highest BCUT2D eigenvalue weighted by Crippen LogP contribution is 2.19. The predicted molar refractivity (Wildman–Crippen MR) is 84.4 cm³/mol. The lowest BCUT2D eigenvalue weighted by Gasteiger charge is -2.32. The van der Waals surface area contributed by atoms with Gasteiger partial charge >= 0.3 is 0 Å². The zero-order valence-corrected chi connectivity index (χ0v) is 13.5. The summed E-state index contributed by atoms with van der Waals surface area (Å²) in [5.74, 6) is 1.54. The maximum Gasteiger partial charge on any atom is 0.225 e. The molecule has 0 aliphatic carbocycles. The van der Waals surface area contributed by atoms with Gasteiger partial charge in [0.2, 0.25) is 5.95 Å². The van der Waals surface area contributed by atoms with Crippen LogP contribution in [0.15, 0.2) is 12.4 Å². The minimum Gasteiger partial charge on any atom is -0.383 e. The monoisotopic (exact) mass is 376 g/mol. The van der Waals surface area contributed by atoms with E-state index < -0.39 is 0 Å². The molecule has 0 aromatic carbocycles. The van der Waals surface area contributed by atoms with Crippen LogP contribution in [0.5, 0.6) is 0 Å². The van der Waals surface area contributed by atoms with E-state index in [1.165, 1.54) is 12.8 Å². The Morgan fingerprint density at radius 1 is 1.47 bits per heavy atom. The number of ether oxygens (including phenoxy) is 1. The Hall–Kier alpha value is -0.470. The summed E-state index contributed by atoms with van der Waals surface area (Å²) < 4.78 is 6.12. The number of halogens is 1. The van der Waals surface area contributed by atoms with E-state index in [-0.39, 0.29) is 0 Å². The van der Waals surface area contributed by atoms with Crippen LogP contribution in [-0.2, 0) is 4.74 Å². The van der Waals surface area contributed by atoms with Crippen LogP contribution in [-0.4, -0.2) is 49.9 Å². The Morgan fingerprint density at radius 2 is 2.26 bits per heavy atom. The summed E-state index contributed by atoms with van der Waals surface area (Å²) in [5, 5.41) is 3.44. The quantitative estimate of drug-likeness (QED) is 0.603. The predicted octanol–water partition coefficient (Wildman–Crippen LogP) is 1.53. The van der Waals surface area contributed by atoms with E-state index in [2.05, 4.69) is 42.8 Å². The number of nitrogens with zero attached hydrogens (tertiary/aromatic N) is 3. The molecule has 1 N–H and O–H groups in total. The standard InChI is InChI=1S/C13H21IN4O/c1-19-6-4-15-7-11-3-2-5-18(10-11)13-16-8-12(14)9-17-13/h8-9,11,15H,2-7,10H2,1H3. The van der Waals surface area contributed by atoms with Crippen molar-refractivity contribution < 1.29 is 4.74 Å². The lowest BCUT2D eigenvalue weighted by Crippen LogP contribution is -2.41. The molecule has 2 rings (SSSR count). The van der Waals surface area contributed by atoms with Crippen molar-refractivity contribution in [2.45, 2.75) is 12.8 Å². The van der Waals surface area contributed by atoms with Crippen LogP contribution in [0, 0.1) is 9.49 Å². The molecule has 6 heteroatoms. The number of hydrogen-bond acceptors (Lipinski definition) is 5. The fraction of sp³-hybridized carbons (Fsp3) is 0.692. The first-order valence-corrected chi connectivity index (χ1v) is 7.79. The second-order valence-corrected chi connectivity index (χ2v) is 6.10. The Balaban J connectivity index is 1.81. The van der Waals surface area contributed by atoms with Crippen molar-refractivity contribution in [2.24, 2.45) is 5.92 Å². The molecular weight excluding hydrogens is 355 g/mol. The van der Waals surface area contributed by atoms with E-state index in [1.807, 2.05) is 12.4 Å². The normalized spacial score (nSPS) is 19.7. The molecule has 1 fully saturated rings. The molecule has 19 heavy (non-hydrogen) atoms. The maximum absolute atomic E-state index is 5.04. The summed E-state index contributed by atoms with van der Waals surface area (Å²) in [6.45, 7) is 4.85. The summed E-state index contributed by atoms with van der Waals surface area (Å²) in [6, 6.07) is 0. The molecular formula is C13H21IN4O. The molecule has 0 bridgehead atoms. The summed E-state index contributed by atoms with van der Waals surface area (Å²) in [4.78, 5) is 11.1. The molecule has 1 aliphatic heterocycles.